The minimum atomic E-state index is -0.886. The van der Waals surface area contributed by atoms with Crippen molar-refractivity contribution in [3.05, 3.63) is 27.3 Å². The third-order valence-electron chi connectivity index (χ3n) is 2.73. The molecule has 0 saturated heterocycles. The third-order valence-corrected chi connectivity index (χ3v) is 3.40. The number of benzene rings is 1. The zero-order valence-electron chi connectivity index (χ0n) is 11.3. The Morgan fingerprint density at radius 2 is 1.95 bits per heavy atom. The molecule has 5 heteroatoms. The Hall–Kier alpha value is -1.11. The van der Waals surface area contributed by atoms with Gasteiger partial charge in [0.15, 0.2) is 0 Å². The number of hydrogen-bond donors (Lipinski definition) is 2. The molecule has 0 heterocycles. The van der Waals surface area contributed by atoms with Gasteiger partial charge in [-0.15, -0.1) is 0 Å². The number of carbonyl (C=O) groups excluding carboxylic acids is 1. The zero-order valence-corrected chi connectivity index (χ0v) is 13.4. The number of carboxylic acids is 1. The van der Waals surface area contributed by atoms with E-state index >= 15 is 0 Å². The lowest BCUT2D eigenvalue weighted by Crippen LogP contribution is -2.25. The van der Waals surface area contributed by atoms with Gasteiger partial charge in [-0.2, -0.15) is 0 Å². The van der Waals surface area contributed by atoms with Crippen LogP contribution in [0, 0.1) is 15.9 Å². The van der Waals surface area contributed by atoms with Gasteiger partial charge in [0.25, 0.3) is 0 Å². The van der Waals surface area contributed by atoms with E-state index in [1.807, 2.05) is 25.1 Å². The van der Waals surface area contributed by atoms with E-state index < -0.39 is 11.4 Å². The van der Waals surface area contributed by atoms with E-state index in [0.29, 0.717) is 0 Å². The number of carbonyl (C=O) groups is 2. The Morgan fingerprint density at radius 3 is 2.47 bits per heavy atom. The topological polar surface area (TPSA) is 66.4 Å². The number of rotatable bonds is 5. The Bertz CT molecular complexity index is 497. The second kappa shape index (κ2) is 6.36. The van der Waals surface area contributed by atoms with E-state index in [1.54, 1.807) is 13.8 Å². The Kier molecular flexibility index (Phi) is 5.34. The van der Waals surface area contributed by atoms with Gasteiger partial charge in [-0.1, -0.05) is 13.8 Å². The summed E-state index contributed by atoms with van der Waals surface area (Å²) in [6.07, 6.45) is 0.164. The molecule has 0 aliphatic carbocycles. The van der Waals surface area contributed by atoms with Gasteiger partial charge in [0.2, 0.25) is 5.91 Å². The van der Waals surface area contributed by atoms with Crippen molar-refractivity contribution < 1.29 is 14.7 Å². The Labute approximate surface area is 126 Å². The molecule has 1 amide bonds. The SMILES string of the molecule is Cc1cc(I)ccc1NC(=O)CC(C)(C)CC(=O)O. The van der Waals surface area contributed by atoms with Gasteiger partial charge < -0.3 is 10.4 Å². The maximum atomic E-state index is 11.9. The molecule has 0 atom stereocenters. The summed E-state index contributed by atoms with van der Waals surface area (Å²) in [4.78, 5) is 22.7. The summed E-state index contributed by atoms with van der Waals surface area (Å²) in [5.74, 6) is -1.04. The predicted molar refractivity (Wildman–Crippen MR) is 83.2 cm³/mol. The summed E-state index contributed by atoms with van der Waals surface area (Å²) < 4.78 is 1.11. The molecule has 2 N–H and O–H groups in total. The van der Waals surface area contributed by atoms with Gasteiger partial charge in [0, 0.05) is 15.7 Å². The van der Waals surface area contributed by atoms with Crippen molar-refractivity contribution in [3.8, 4) is 0 Å². The lowest BCUT2D eigenvalue weighted by Gasteiger charge is -2.21. The van der Waals surface area contributed by atoms with Crippen LogP contribution in [0.1, 0.15) is 32.3 Å². The highest BCUT2D eigenvalue weighted by molar-refractivity contribution is 14.1. The minimum Gasteiger partial charge on any atom is -0.481 e. The molecule has 0 radical (unpaired) electrons. The molecule has 1 aromatic carbocycles. The number of aliphatic carboxylic acids is 1. The fraction of sp³-hybridized carbons (Fsp3) is 0.429. The van der Waals surface area contributed by atoms with Crippen LogP contribution in [-0.4, -0.2) is 17.0 Å². The summed E-state index contributed by atoms with van der Waals surface area (Å²) in [7, 11) is 0. The summed E-state index contributed by atoms with van der Waals surface area (Å²) in [6.45, 7) is 5.49. The predicted octanol–water partition coefficient (Wildman–Crippen LogP) is 3.43. The van der Waals surface area contributed by atoms with Crippen molar-refractivity contribution in [2.24, 2.45) is 5.41 Å². The highest BCUT2D eigenvalue weighted by Gasteiger charge is 2.25. The van der Waals surface area contributed by atoms with E-state index in [2.05, 4.69) is 27.9 Å². The van der Waals surface area contributed by atoms with E-state index in [9.17, 15) is 9.59 Å². The number of nitrogens with one attached hydrogen (secondary N) is 1. The fourth-order valence-corrected chi connectivity index (χ4v) is 2.52. The van der Waals surface area contributed by atoms with Crippen molar-refractivity contribution in [1.82, 2.24) is 0 Å². The summed E-state index contributed by atoms with van der Waals surface area (Å²) >= 11 is 2.21. The molecule has 104 valence electrons. The Balaban J connectivity index is 2.67. The third kappa shape index (κ3) is 5.59. The highest BCUT2D eigenvalue weighted by atomic mass is 127. The first-order valence-electron chi connectivity index (χ1n) is 5.97. The van der Waals surface area contributed by atoms with Crippen LogP contribution in [0.2, 0.25) is 0 Å². The molecule has 0 aromatic heterocycles. The number of amides is 1. The fourth-order valence-electron chi connectivity index (χ4n) is 1.87. The summed E-state index contributed by atoms with van der Waals surface area (Å²) in [5.41, 5.74) is 1.22. The highest BCUT2D eigenvalue weighted by Crippen LogP contribution is 2.26. The van der Waals surface area contributed by atoms with Crippen LogP contribution < -0.4 is 5.32 Å². The number of anilines is 1. The molecule has 1 aromatic rings. The first kappa shape index (κ1) is 15.9. The minimum absolute atomic E-state index is 0.0217. The van der Waals surface area contributed by atoms with Crippen molar-refractivity contribution in [1.29, 1.82) is 0 Å². The van der Waals surface area contributed by atoms with Crippen LogP contribution >= 0.6 is 22.6 Å². The molecule has 0 fully saturated rings. The summed E-state index contributed by atoms with van der Waals surface area (Å²) in [6, 6.07) is 5.77. The zero-order chi connectivity index (χ0) is 14.6. The van der Waals surface area contributed by atoms with Gasteiger partial charge in [-0.25, -0.2) is 0 Å². The molecule has 19 heavy (non-hydrogen) atoms. The number of carboxylic acid groups (broad SMARTS) is 1. The molecule has 0 saturated carbocycles. The maximum absolute atomic E-state index is 11.9. The van der Waals surface area contributed by atoms with E-state index in [0.717, 1.165) is 14.8 Å². The normalized spacial score (nSPS) is 11.2. The largest absolute Gasteiger partial charge is 0.481 e. The van der Waals surface area contributed by atoms with E-state index in [1.165, 1.54) is 0 Å². The first-order valence-corrected chi connectivity index (χ1v) is 7.05. The van der Waals surface area contributed by atoms with Crippen molar-refractivity contribution in [2.75, 3.05) is 5.32 Å². The molecule has 0 bridgehead atoms. The molecular formula is C14H18INO3. The van der Waals surface area contributed by atoms with Gasteiger partial charge in [0.1, 0.15) is 0 Å². The van der Waals surface area contributed by atoms with Crippen LogP contribution in [0.4, 0.5) is 5.69 Å². The molecule has 0 aliphatic heterocycles. The summed E-state index contributed by atoms with van der Waals surface area (Å²) in [5, 5.41) is 11.6. The first-order chi connectivity index (χ1) is 8.69. The maximum Gasteiger partial charge on any atom is 0.303 e. The van der Waals surface area contributed by atoms with E-state index in [-0.39, 0.29) is 18.7 Å². The van der Waals surface area contributed by atoms with Crippen LogP contribution in [0.5, 0.6) is 0 Å². The second-order valence-electron chi connectivity index (χ2n) is 5.42. The van der Waals surface area contributed by atoms with Gasteiger partial charge in [-0.3, -0.25) is 9.59 Å². The smallest absolute Gasteiger partial charge is 0.303 e. The van der Waals surface area contributed by atoms with Crippen LogP contribution in [-0.2, 0) is 9.59 Å². The van der Waals surface area contributed by atoms with Crippen LogP contribution in [0.15, 0.2) is 18.2 Å². The van der Waals surface area contributed by atoms with Crippen LogP contribution in [0.25, 0.3) is 0 Å². The van der Waals surface area contributed by atoms with Gasteiger partial charge in [0.05, 0.1) is 6.42 Å². The molecule has 0 unspecified atom stereocenters. The molecule has 1 rings (SSSR count). The molecular weight excluding hydrogens is 357 g/mol. The van der Waals surface area contributed by atoms with Crippen molar-refractivity contribution >= 4 is 40.2 Å². The van der Waals surface area contributed by atoms with Crippen molar-refractivity contribution in [2.45, 2.75) is 33.6 Å². The quantitative estimate of drug-likeness (QED) is 0.775. The molecule has 4 nitrogen and oxygen atoms in total. The van der Waals surface area contributed by atoms with Crippen LogP contribution in [0.3, 0.4) is 0 Å². The Morgan fingerprint density at radius 1 is 1.32 bits per heavy atom. The lowest BCUT2D eigenvalue weighted by atomic mass is 9.85. The standard InChI is InChI=1S/C14H18INO3/c1-9-6-10(15)4-5-11(9)16-12(17)7-14(2,3)8-13(18)19/h4-6H,7-8H2,1-3H3,(H,16,17)(H,18,19). The lowest BCUT2D eigenvalue weighted by molar-refractivity contribution is -0.139. The molecule has 0 aliphatic rings. The number of halogens is 1. The monoisotopic (exact) mass is 375 g/mol. The number of hydrogen-bond acceptors (Lipinski definition) is 2. The van der Waals surface area contributed by atoms with Crippen molar-refractivity contribution in [3.63, 3.8) is 0 Å². The van der Waals surface area contributed by atoms with Gasteiger partial charge in [-0.05, 0) is 58.7 Å². The molecule has 0 spiro atoms. The number of aryl methyl sites for hydroxylation is 1. The van der Waals surface area contributed by atoms with Gasteiger partial charge >= 0.3 is 5.97 Å². The average molecular weight is 375 g/mol. The second-order valence-corrected chi connectivity index (χ2v) is 6.66. The average Bonchev–Trinajstić information content (AvgIpc) is 2.19. The van der Waals surface area contributed by atoms with E-state index in [4.69, 9.17) is 5.11 Å².